The number of H-pyrrole nitrogens is 1. The van der Waals surface area contributed by atoms with Crippen LogP contribution in [-0.2, 0) is 12.6 Å². The van der Waals surface area contributed by atoms with Crippen molar-refractivity contribution < 1.29 is 36.2 Å². The van der Waals surface area contributed by atoms with Crippen LogP contribution in [-0.4, -0.2) is 31.2 Å². The molecule has 0 spiro atoms. The van der Waals surface area contributed by atoms with E-state index in [1.165, 1.54) is 25.3 Å². The van der Waals surface area contributed by atoms with Gasteiger partial charge < -0.3 is 19.8 Å². The second-order valence-corrected chi connectivity index (χ2v) is 5.48. The quantitative estimate of drug-likeness (QED) is 0.693. The summed E-state index contributed by atoms with van der Waals surface area (Å²) in [5.74, 6) is -0.926. The molecule has 152 valence electrons. The third-order valence-corrected chi connectivity index (χ3v) is 3.60. The number of hydrogen-bond donors (Lipinski definition) is 2. The van der Waals surface area contributed by atoms with Crippen molar-refractivity contribution in [2.75, 3.05) is 13.7 Å². The first-order chi connectivity index (χ1) is 13.1. The van der Waals surface area contributed by atoms with E-state index in [0.29, 0.717) is 11.6 Å². The van der Waals surface area contributed by atoms with Crippen LogP contribution in [0.5, 0.6) is 11.5 Å². The molecule has 0 aliphatic carbocycles. The van der Waals surface area contributed by atoms with Crippen molar-refractivity contribution in [1.82, 2.24) is 10.3 Å². The number of pyridine rings is 1. The van der Waals surface area contributed by atoms with E-state index in [2.05, 4.69) is 10.1 Å². The van der Waals surface area contributed by atoms with Gasteiger partial charge in [0, 0.05) is 6.54 Å². The van der Waals surface area contributed by atoms with E-state index in [1.54, 1.807) is 4.98 Å². The molecule has 2 N–H and O–H groups in total. The first kappa shape index (κ1) is 21.2. The van der Waals surface area contributed by atoms with Crippen molar-refractivity contribution in [2.24, 2.45) is 0 Å². The van der Waals surface area contributed by atoms with Crippen molar-refractivity contribution in [2.45, 2.75) is 19.2 Å². The minimum Gasteiger partial charge on any atom is -0.493 e. The first-order valence-electron chi connectivity index (χ1n) is 7.82. The number of amides is 1. The van der Waals surface area contributed by atoms with Crippen LogP contribution >= 0.6 is 0 Å². The number of nitrogens with one attached hydrogen (secondary N) is 2. The number of rotatable bonds is 7. The molecule has 0 unspecified atom stereocenters. The summed E-state index contributed by atoms with van der Waals surface area (Å²) < 4.78 is 71.4. The van der Waals surface area contributed by atoms with Crippen LogP contribution in [0.3, 0.4) is 0 Å². The zero-order valence-corrected chi connectivity index (χ0v) is 14.4. The molecular weight excluding hydrogens is 391 g/mol. The van der Waals surface area contributed by atoms with Gasteiger partial charge >= 0.3 is 12.8 Å². The van der Waals surface area contributed by atoms with E-state index in [-0.39, 0.29) is 24.5 Å². The van der Waals surface area contributed by atoms with Gasteiger partial charge in [0.25, 0.3) is 11.5 Å². The second-order valence-electron chi connectivity index (χ2n) is 5.48. The van der Waals surface area contributed by atoms with E-state index >= 15 is 0 Å². The van der Waals surface area contributed by atoms with Crippen molar-refractivity contribution in [3.63, 3.8) is 0 Å². The van der Waals surface area contributed by atoms with Crippen molar-refractivity contribution in [1.29, 1.82) is 0 Å². The molecule has 0 aliphatic rings. The van der Waals surface area contributed by atoms with Gasteiger partial charge in [-0.15, -0.1) is 0 Å². The standard InChI is InChI=1S/C17H15F5N2O4/c1-27-12-8-9(2-4-11(12)28-16(18)19)6-7-23-14(25)10-3-5-13(17(20,21)22)24-15(10)26/h2-5,8,16H,6-7H2,1H3,(H,23,25)(H,24,26). The summed E-state index contributed by atoms with van der Waals surface area (Å²) >= 11 is 0. The van der Waals surface area contributed by atoms with Gasteiger partial charge in [0.15, 0.2) is 11.5 Å². The van der Waals surface area contributed by atoms with E-state index in [0.717, 1.165) is 6.07 Å². The van der Waals surface area contributed by atoms with Crippen molar-refractivity contribution in [3.8, 4) is 11.5 Å². The number of aromatic amines is 1. The maximum absolute atomic E-state index is 12.5. The van der Waals surface area contributed by atoms with E-state index < -0.39 is 35.5 Å². The average Bonchev–Trinajstić information content (AvgIpc) is 2.61. The summed E-state index contributed by atoms with van der Waals surface area (Å²) in [6.07, 6.45) is -4.48. The first-order valence-corrected chi connectivity index (χ1v) is 7.82. The number of carbonyl (C=O) groups is 1. The van der Waals surface area contributed by atoms with Gasteiger partial charge in [-0.1, -0.05) is 6.07 Å². The third kappa shape index (κ3) is 5.44. The molecule has 28 heavy (non-hydrogen) atoms. The van der Waals surface area contributed by atoms with Crippen LogP contribution in [0.1, 0.15) is 21.6 Å². The van der Waals surface area contributed by atoms with Gasteiger partial charge in [-0.3, -0.25) is 9.59 Å². The third-order valence-electron chi connectivity index (χ3n) is 3.60. The van der Waals surface area contributed by atoms with Crippen LogP contribution in [0.15, 0.2) is 35.1 Å². The zero-order chi connectivity index (χ0) is 20.9. The van der Waals surface area contributed by atoms with Crippen LogP contribution in [0, 0.1) is 0 Å². The molecule has 0 fully saturated rings. The Morgan fingerprint density at radius 2 is 1.89 bits per heavy atom. The summed E-state index contributed by atoms with van der Waals surface area (Å²) in [7, 11) is 1.27. The molecule has 2 rings (SSSR count). The maximum Gasteiger partial charge on any atom is 0.431 e. The summed E-state index contributed by atoms with van der Waals surface area (Å²) in [4.78, 5) is 25.2. The normalized spacial score (nSPS) is 11.4. The number of alkyl halides is 5. The van der Waals surface area contributed by atoms with Gasteiger partial charge in [0.2, 0.25) is 0 Å². The Morgan fingerprint density at radius 1 is 1.18 bits per heavy atom. The van der Waals surface area contributed by atoms with E-state index in [4.69, 9.17) is 4.74 Å². The predicted molar refractivity (Wildman–Crippen MR) is 87.7 cm³/mol. The second kappa shape index (κ2) is 8.72. The molecule has 1 heterocycles. The lowest BCUT2D eigenvalue weighted by molar-refractivity contribution is -0.141. The van der Waals surface area contributed by atoms with Gasteiger partial charge in [0.05, 0.1) is 7.11 Å². The molecule has 0 saturated heterocycles. The summed E-state index contributed by atoms with van der Waals surface area (Å²) in [5.41, 5.74) is -2.28. The van der Waals surface area contributed by atoms with Gasteiger partial charge in [-0.25, -0.2) is 0 Å². The number of aromatic nitrogens is 1. The number of halogens is 5. The van der Waals surface area contributed by atoms with Gasteiger partial charge in [-0.2, -0.15) is 22.0 Å². The fraction of sp³-hybridized carbons (Fsp3) is 0.294. The summed E-state index contributed by atoms with van der Waals surface area (Å²) in [6, 6.07) is 5.59. The average molecular weight is 406 g/mol. The van der Waals surface area contributed by atoms with E-state index in [1.807, 2.05) is 0 Å². The molecule has 0 atom stereocenters. The minimum atomic E-state index is -4.73. The molecule has 0 bridgehead atoms. The maximum atomic E-state index is 12.5. The molecule has 1 aromatic heterocycles. The van der Waals surface area contributed by atoms with Crippen molar-refractivity contribution >= 4 is 5.91 Å². The molecule has 6 nitrogen and oxygen atoms in total. The SMILES string of the molecule is COc1cc(CCNC(=O)c2ccc(C(F)(F)F)[nH]c2=O)ccc1OC(F)F. The van der Waals surface area contributed by atoms with Gasteiger partial charge in [0.1, 0.15) is 11.3 Å². The number of methoxy groups -OCH3 is 1. The van der Waals surface area contributed by atoms with Crippen LogP contribution in [0.4, 0.5) is 22.0 Å². The number of ether oxygens (including phenoxy) is 2. The highest BCUT2D eigenvalue weighted by Crippen LogP contribution is 2.29. The summed E-state index contributed by atoms with van der Waals surface area (Å²) in [5, 5.41) is 2.40. The molecule has 0 saturated carbocycles. The topological polar surface area (TPSA) is 80.4 Å². The lowest BCUT2D eigenvalue weighted by Gasteiger charge is -2.12. The highest BCUT2D eigenvalue weighted by atomic mass is 19.4. The van der Waals surface area contributed by atoms with Crippen LogP contribution in [0.2, 0.25) is 0 Å². The largest absolute Gasteiger partial charge is 0.493 e. The van der Waals surface area contributed by atoms with Crippen molar-refractivity contribution in [3.05, 3.63) is 57.5 Å². The van der Waals surface area contributed by atoms with Gasteiger partial charge in [-0.05, 0) is 36.2 Å². The fourth-order valence-corrected chi connectivity index (χ4v) is 2.29. The highest BCUT2D eigenvalue weighted by molar-refractivity contribution is 5.93. The Bertz CT molecular complexity index is 896. The molecular formula is C17H15F5N2O4. The lowest BCUT2D eigenvalue weighted by atomic mass is 10.1. The number of benzene rings is 1. The molecule has 0 radical (unpaired) electrons. The Balaban J connectivity index is 2.00. The lowest BCUT2D eigenvalue weighted by Crippen LogP contribution is -2.32. The molecule has 2 aromatic rings. The fourth-order valence-electron chi connectivity index (χ4n) is 2.29. The van der Waals surface area contributed by atoms with Crippen LogP contribution < -0.4 is 20.3 Å². The summed E-state index contributed by atoms with van der Waals surface area (Å²) in [6.45, 7) is -2.97. The Morgan fingerprint density at radius 3 is 2.46 bits per heavy atom. The molecule has 11 heteroatoms. The predicted octanol–water partition coefficient (Wildman–Crippen LogP) is 2.98. The molecule has 1 amide bonds. The zero-order valence-electron chi connectivity index (χ0n) is 14.4. The molecule has 0 aliphatic heterocycles. The minimum absolute atomic E-state index is 0.0392. The monoisotopic (exact) mass is 406 g/mol. The molecule has 1 aromatic carbocycles. The Kier molecular flexibility index (Phi) is 6.60. The number of carbonyl (C=O) groups excluding carboxylic acids is 1. The highest BCUT2D eigenvalue weighted by Gasteiger charge is 2.32. The Hall–Kier alpha value is -3.11. The smallest absolute Gasteiger partial charge is 0.431 e. The Labute approximate surface area is 155 Å². The number of hydrogen-bond acceptors (Lipinski definition) is 4. The van der Waals surface area contributed by atoms with E-state index in [9.17, 15) is 31.5 Å². The van der Waals surface area contributed by atoms with Crippen LogP contribution in [0.25, 0.3) is 0 Å².